The maximum atomic E-state index is 11.8. The summed E-state index contributed by atoms with van der Waals surface area (Å²) in [5.41, 5.74) is 1.98. The van der Waals surface area contributed by atoms with E-state index in [4.69, 9.17) is 5.11 Å². The molecule has 2 rings (SSSR count). The van der Waals surface area contributed by atoms with Crippen molar-refractivity contribution >= 4 is 12.0 Å². The SMILES string of the molecule is Cc1c(CNC(=O)NC2CCC(C(=O)O)C2)cnn1C. The Hall–Kier alpha value is -2.05. The van der Waals surface area contributed by atoms with Crippen LogP contribution < -0.4 is 10.6 Å². The number of rotatable bonds is 4. The topological polar surface area (TPSA) is 96.2 Å². The summed E-state index contributed by atoms with van der Waals surface area (Å²) in [4.78, 5) is 22.6. The number of carbonyl (C=O) groups is 2. The van der Waals surface area contributed by atoms with Crippen LogP contribution in [0, 0.1) is 12.8 Å². The zero-order valence-corrected chi connectivity index (χ0v) is 11.7. The second kappa shape index (κ2) is 5.94. The van der Waals surface area contributed by atoms with E-state index in [1.807, 2.05) is 14.0 Å². The molecule has 110 valence electrons. The number of nitrogens with one attached hydrogen (secondary N) is 2. The number of aromatic nitrogens is 2. The number of hydrogen-bond donors (Lipinski definition) is 3. The number of hydrogen-bond acceptors (Lipinski definition) is 3. The van der Waals surface area contributed by atoms with Crippen molar-refractivity contribution in [2.75, 3.05) is 0 Å². The van der Waals surface area contributed by atoms with Gasteiger partial charge in [-0.3, -0.25) is 9.48 Å². The lowest BCUT2D eigenvalue weighted by molar-refractivity contribution is -0.141. The highest BCUT2D eigenvalue weighted by molar-refractivity contribution is 5.75. The van der Waals surface area contributed by atoms with Gasteiger partial charge < -0.3 is 15.7 Å². The standard InChI is InChI=1S/C13H20N4O3/c1-8-10(7-15-17(8)2)6-14-13(20)16-11-4-3-9(5-11)12(18)19/h7,9,11H,3-6H2,1-2H3,(H,18,19)(H2,14,16,20). The Kier molecular flexibility index (Phi) is 4.26. The number of nitrogens with zero attached hydrogens (tertiary/aromatic N) is 2. The fourth-order valence-electron chi connectivity index (χ4n) is 2.47. The van der Waals surface area contributed by atoms with E-state index in [-0.39, 0.29) is 18.0 Å². The van der Waals surface area contributed by atoms with Crippen molar-refractivity contribution in [2.45, 2.75) is 38.8 Å². The molecular weight excluding hydrogens is 260 g/mol. The maximum absolute atomic E-state index is 11.8. The lowest BCUT2D eigenvalue weighted by atomic mass is 10.1. The third-order valence-corrected chi connectivity index (χ3v) is 3.89. The summed E-state index contributed by atoms with van der Waals surface area (Å²) >= 11 is 0. The van der Waals surface area contributed by atoms with Gasteiger partial charge in [0, 0.05) is 30.9 Å². The highest BCUT2D eigenvalue weighted by Gasteiger charge is 2.30. The van der Waals surface area contributed by atoms with Crippen LogP contribution in [-0.2, 0) is 18.4 Å². The summed E-state index contributed by atoms with van der Waals surface area (Å²) in [6, 6.07) is -0.310. The van der Waals surface area contributed by atoms with E-state index in [1.165, 1.54) is 0 Å². The van der Waals surface area contributed by atoms with Crippen molar-refractivity contribution in [1.82, 2.24) is 20.4 Å². The molecule has 1 saturated carbocycles. The van der Waals surface area contributed by atoms with Gasteiger partial charge in [-0.05, 0) is 26.2 Å². The van der Waals surface area contributed by atoms with Crippen LogP contribution in [0.15, 0.2) is 6.20 Å². The Bertz CT molecular complexity index is 512. The van der Waals surface area contributed by atoms with Crippen molar-refractivity contribution < 1.29 is 14.7 Å². The number of amides is 2. The molecule has 1 fully saturated rings. The Morgan fingerprint density at radius 1 is 1.50 bits per heavy atom. The lowest BCUT2D eigenvalue weighted by Gasteiger charge is -2.13. The number of aryl methyl sites for hydroxylation is 1. The second-order valence-electron chi connectivity index (χ2n) is 5.25. The molecule has 2 atom stereocenters. The minimum atomic E-state index is -0.777. The van der Waals surface area contributed by atoms with Crippen molar-refractivity contribution in [3.63, 3.8) is 0 Å². The molecular formula is C13H20N4O3. The van der Waals surface area contributed by atoms with Crippen molar-refractivity contribution in [3.05, 3.63) is 17.5 Å². The molecule has 0 spiro atoms. The summed E-state index contributed by atoms with van der Waals surface area (Å²) in [5.74, 6) is -1.11. The Morgan fingerprint density at radius 2 is 2.25 bits per heavy atom. The van der Waals surface area contributed by atoms with Crippen LogP contribution >= 0.6 is 0 Å². The quantitative estimate of drug-likeness (QED) is 0.759. The number of carboxylic acid groups (broad SMARTS) is 1. The second-order valence-corrected chi connectivity index (χ2v) is 5.25. The molecule has 1 aromatic heterocycles. The van der Waals surface area contributed by atoms with Crippen molar-refractivity contribution in [1.29, 1.82) is 0 Å². The molecule has 2 amide bonds. The number of carbonyl (C=O) groups excluding carboxylic acids is 1. The van der Waals surface area contributed by atoms with E-state index < -0.39 is 5.97 Å². The van der Waals surface area contributed by atoms with Crippen LogP contribution in [0.25, 0.3) is 0 Å². The van der Waals surface area contributed by atoms with E-state index in [0.717, 1.165) is 17.7 Å². The largest absolute Gasteiger partial charge is 0.481 e. The van der Waals surface area contributed by atoms with Crippen LogP contribution in [0.1, 0.15) is 30.5 Å². The van der Waals surface area contributed by atoms with Gasteiger partial charge in [0.15, 0.2) is 0 Å². The first-order valence-corrected chi connectivity index (χ1v) is 6.72. The highest BCUT2D eigenvalue weighted by Crippen LogP contribution is 2.25. The van der Waals surface area contributed by atoms with Crippen LogP contribution in [-0.4, -0.2) is 32.9 Å². The number of aliphatic carboxylic acids is 1. The van der Waals surface area contributed by atoms with Crippen LogP contribution in [0.2, 0.25) is 0 Å². The first-order chi connectivity index (χ1) is 9.47. The summed E-state index contributed by atoms with van der Waals surface area (Å²) in [6.07, 6.45) is 3.58. The molecule has 0 saturated heterocycles. The predicted octanol–water partition coefficient (Wildman–Crippen LogP) is 0.781. The zero-order chi connectivity index (χ0) is 14.7. The van der Waals surface area contributed by atoms with Gasteiger partial charge in [-0.1, -0.05) is 0 Å². The van der Waals surface area contributed by atoms with Gasteiger partial charge in [0.25, 0.3) is 0 Å². The molecule has 20 heavy (non-hydrogen) atoms. The monoisotopic (exact) mass is 280 g/mol. The fourth-order valence-corrected chi connectivity index (χ4v) is 2.47. The van der Waals surface area contributed by atoms with Gasteiger partial charge in [-0.25, -0.2) is 4.79 Å². The summed E-state index contributed by atoms with van der Waals surface area (Å²) in [6.45, 7) is 2.36. The lowest BCUT2D eigenvalue weighted by Crippen LogP contribution is -2.40. The summed E-state index contributed by atoms with van der Waals surface area (Å²) in [7, 11) is 1.85. The Labute approximate surface area is 117 Å². The van der Waals surface area contributed by atoms with E-state index in [1.54, 1.807) is 10.9 Å². The third-order valence-electron chi connectivity index (χ3n) is 3.89. The molecule has 0 radical (unpaired) electrons. The smallest absolute Gasteiger partial charge is 0.315 e. The van der Waals surface area contributed by atoms with E-state index in [9.17, 15) is 9.59 Å². The highest BCUT2D eigenvalue weighted by atomic mass is 16.4. The van der Waals surface area contributed by atoms with E-state index >= 15 is 0 Å². The van der Waals surface area contributed by atoms with Gasteiger partial charge in [-0.15, -0.1) is 0 Å². The van der Waals surface area contributed by atoms with E-state index in [2.05, 4.69) is 15.7 Å². The Balaban J connectivity index is 1.76. The molecule has 0 aromatic carbocycles. The van der Waals surface area contributed by atoms with Crippen LogP contribution in [0.4, 0.5) is 4.79 Å². The normalized spacial score (nSPS) is 21.7. The molecule has 7 nitrogen and oxygen atoms in total. The van der Waals surface area contributed by atoms with Gasteiger partial charge >= 0.3 is 12.0 Å². The molecule has 2 unspecified atom stereocenters. The summed E-state index contributed by atoms with van der Waals surface area (Å²) < 4.78 is 1.75. The van der Waals surface area contributed by atoms with Crippen LogP contribution in [0.5, 0.6) is 0 Å². The Morgan fingerprint density at radius 3 is 2.80 bits per heavy atom. The van der Waals surface area contributed by atoms with Gasteiger partial charge in [0.05, 0.1) is 12.1 Å². The minimum absolute atomic E-state index is 0.0499. The molecule has 1 aliphatic rings. The molecule has 3 N–H and O–H groups in total. The maximum Gasteiger partial charge on any atom is 0.315 e. The average Bonchev–Trinajstić information content (AvgIpc) is 2.97. The first kappa shape index (κ1) is 14.4. The molecule has 1 aliphatic carbocycles. The predicted molar refractivity (Wildman–Crippen MR) is 72.1 cm³/mol. The van der Waals surface area contributed by atoms with Gasteiger partial charge in [0.1, 0.15) is 0 Å². The fraction of sp³-hybridized carbons (Fsp3) is 0.615. The number of urea groups is 1. The molecule has 1 heterocycles. The average molecular weight is 280 g/mol. The minimum Gasteiger partial charge on any atom is -0.481 e. The molecule has 7 heteroatoms. The van der Waals surface area contributed by atoms with Gasteiger partial charge in [-0.2, -0.15) is 5.10 Å². The molecule has 0 aliphatic heterocycles. The molecule has 1 aromatic rings. The van der Waals surface area contributed by atoms with Crippen molar-refractivity contribution in [2.24, 2.45) is 13.0 Å². The van der Waals surface area contributed by atoms with Gasteiger partial charge in [0.2, 0.25) is 0 Å². The van der Waals surface area contributed by atoms with E-state index in [0.29, 0.717) is 19.4 Å². The zero-order valence-electron chi connectivity index (χ0n) is 11.7. The third kappa shape index (κ3) is 3.28. The first-order valence-electron chi connectivity index (χ1n) is 6.72. The molecule has 0 bridgehead atoms. The van der Waals surface area contributed by atoms with Crippen LogP contribution in [0.3, 0.4) is 0 Å². The summed E-state index contributed by atoms with van der Waals surface area (Å²) in [5, 5.41) is 18.6. The van der Waals surface area contributed by atoms with Crippen molar-refractivity contribution in [3.8, 4) is 0 Å². The number of carboxylic acids is 1.